The first-order valence-corrected chi connectivity index (χ1v) is 11.9. The smallest absolute Gasteiger partial charge is 0.412 e. The van der Waals surface area contributed by atoms with Crippen molar-refractivity contribution in [3.8, 4) is 11.1 Å². The summed E-state index contributed by atoms with van der Waals surface area (Å²) in [6.07, 6.45) is 1.84. The van der Waals surface area contributed by atoms with E-state index in [0.29, 0.717) is 18.7 Å². The number of fused-ring (bicyclic) bond motifs is 4. The minimum Gasteiger partial charge on any atom is -0.481 e. The number of nitrogens with one attached hydrogen (secondary N) is 1. The zero-order valence-electron chi connectivity index (χ0n) is 20.5. The number of benzene rings is 3. The van der Waals surface area contributed by atoms with Crippen molar-refractivity contribution in [2.75, 3.05) is 5.32 Å². The monoisotopic (exact) mass is 484 g/mol. The van der Waals surface area contributed by atoms with Gasteiger partial charge in [0.1, 0.15) is 16.8 Å². The number of carboxylic acids is 1. The Labute approximate surface area is 208 Å². The highest BCUT2D eigenvalue weighted by molar-refractivity contribution is 6.10. The van der Waals surface area contributed by atoms with Crippen molar-refractivity contribution in [1.82, 2.24) is 4.57 Å². The maximum absolute atomic E-state index is 12.6. The second-order valence-electron chi connectivity index (χ2n) is 9.87. The summed E-state index contributed by atoms with van der Waals surface area (Å²) < 4.78 is 13.7. The fourth-order valence-electron chi connectivity index (χ4n) is 4.54. The number of amides is 1. The van der Waals surface area contributed by atoms with Gasteiger partial charge in [0.2, 0.25) is 0 Å². The average Bonchev–Trinajstić information content (AvgIpc) is 3.35. The molecule has 0 unspecified atom stereocenters. The first kappa shape index (κ1) is 23.5. The molecule has 36 heavy (non-hydrogen) atoms. The fourth-order valence-corrected chi connectivity index (χ4v) is 4.54. The van der Waals surface area contributed by atoms with E-state index in [4.69, 9.17) is 14.3 Å². The molecule has 2 N–H and O–H groups in total. The number of furan rings is 1. The number of carboxylic acid groups (broad SMARTS) is 1. The molecule has 0 aliphatic carbocycles. The van der Waals surface area contributed by atoms with Crippen molar-refractivity contribution in [3.63, 3.8) is 0 Å². The Morgan fingerprint density at radius 1 is 1.00 bits per heavy atom. The van der Waals surface area contributed by atoms with E-state index < -0.39 is 17.7 Å². The van der Waals surface area contributed by atoms with Crippen molar-refractivity contribution >= 4 is 50.6 Å². The van der Waals surface area contributed by atoms with E-state index in [1.54, 1.807) is 0 Å². The van der Waals surface area contributed by atoms with Crippen LogP contribution in [0, 0.1) is 0 Å². The molecule has 0 fully saturated rings. The molecule has 1 amide bonds. The second-order valence-corrected chi connectivity index (χ2v) is 9.87. The Hall–Kier alpha value is -4.26. The van der Waals surface area contributed by atoms with Crippen LogP contribution in [0.3, 0.4) is 0 Å². The van der Waals surface area contributed by atoms with Gasteiger partial charge in [-0.1, -0.05) is 42.5 Å². The molecule has 7 nitrogen and oxygen atoms in total. The summed E-state index contributed by atoms with van der Waals surface area (Å²) in [6.45, 7) is 5.95. The molecular weight excluding hydrogens is 456 g/mol. The topological polar surface area (TPSA) is 93.7 Å². The van der Waals surface area contributed by atoms with Crippen LogP contribution >= 0.6 is 0 Å². The lowest BCUT2D eigenvalue weighted by molar-refractivity contribution is -0.137. The molecule has 0 atom stereocenters. The summed E-state index contributed by atoms with van der Waals surface area (Å²) in [7, 11) is 0. The first-order chi connectivity index (χ1) is 17.2. The maximum Gasteiger partial charge on any atom is 0.412 e. The minimum atomic E-state index is -0.834. The van der Waals surface area contributed by atoms with E-state index in [1.807, 2.05) is 86.1 Å². The number of anilines is 1. The normalized spacial score (nSPS) is 11.9. The number of hydrogen-bond acceptors (Lipinski definition) is 4. The predicted octanol–water partition coefficient (Wildman–Crippen LogP) is 7.42. The Balaban J connectivity index is 1.60. The third-order valence-electron chi connectivity index (χ3n) is 6.02. The summed E-state index contributed by atoms with van der Waals surface area (Å²) >= 11 is 0. The third-order valence-corrected chi connectivity index (χ3v) is 6.02. The van der Waals surface area contributed by atoms with Crippen LogP contribution in [0.2, 0.25) is 0 Å². The Bertz CT molecular complexity index is 1600. The van der Waals surface area contributed by atoms with E-state index >= 15 is 0 Å². The van der Waals surface area contributed by atoms with Crippen LogP contribution in [-0.2, 0) is 16.1 Å². The SMILES string of the molecule is CC(C)(C)OC(=O)Nc1cn(CCCC(=O)O)c2ccc(-c3cccc4c3oc3ccccc34)cc12. The zero-order valence-corrected chi connectivity index (χ0v) is 20.5. The number of rotatable bonds is 6. The number of aromatic nitrogens is 1. The van der Waals surface area contributed by atoms with Gasteiger partial charge in [-0.15, -0.1) is 0 Å². The molecule has 184 valence electrons. The molecule has 2 aromatic heterocycles. The van der Waals surface area contributed by atoms with Crippen LogP contribution in [0.5, 0.6) is 0 Å². The fraction of sp³-hybridized carbons (Fsp3) is 0.241. The van der Waals surface area contributed by atoms with Gasteiger partial charge in [0.15, 0.2) is 0 Å². The number of nitrogens with zero attached hydrogens (tertiary/aromatic N) is 1. The molecule has 0 aliphatic rings. The van der Waals surface area contributed by atoms with E-state index in [2.05, 4.69) is 11.4 Å². The summed E-state index contributed by atoms with van der Waals surface area (Å²) in [5, 5.41) is 14.9. The van der Waals surface area contributed by atoms with Gasteiger partial charge >= 0.3 is 12.1 Å². The quantitative estimate of drug-likeness (QED) is 0.262. The van der Waals surface area contributed by atoms with Gasteiger partial charge in [0, 0.05) is 40.9 Å². The molecule has 0 spiro atoms. The molecule has 7 heteroatoms. The lowest BCUT2D eigenvalue weighted by Crippen LogP contribution is -2.27. The molecule has 0 radical (unpaired) electrons. The van der Waals surface area contributed by atoms with Crippen LogP contribution in [0.4, 0.5) is 10.5 Å². The van der Waals surface area contributed by atoms with Crippen LogP contribution in [0.25, 0.3) is 44.0 Å². The van der Waals surface area contributed by atoms with Gasteiger partial charge < -0.3 is 18.8 Å². The zero-order chi connectivity index (χ0) is 25.4. The number of ether oxygens (including phenoxy) is 1. The van der Waals surface area contributed by atoms with Gasteiger partial charge in [-0.25, -0.2) is 4.79 Å². The summed E-state index contributed by atoms with van der Waals surface area (Å²) in [4.78, 5) is 23.6. The lowest BCUT2D eigenvalue weighted by Gasteiger charge is -2.19. The Morgan fingerprint density at radius 3 is 2.56 bits per heavy atom. The summed E-state index contributed by atoms with van der Waals surface area (Å²) in [5.74, 6) is -0.834. The van der Waals surface area contributed by atoms with Crippen LogP contribution in [-0.4, -0.2) is 27.3 Å². The Kier molecular flexibility index (Phi) is 5.92. The summed E-state index contributed by atoms with van der Waals surface area (Å²) in [5.41, 5.74) is 4.40. The standard InChI is InChI=1S/C29H28N2O5/c1-29(2,3)36-28(34)30-23-17-31(15-7-12-26(32)33)24-14-13-18(16-22(23)24)19-9-6-10-21-20-8-4-5-11-25(20)35-27(19)21/h4-6,8-11,13-14,16-17H,7,12,15H2,1-3H3,(H,30,34)(H,32,33). The van der Waals surface area contributed by atoms with E-state index in [-0.39, 0.29) is 6.42 Å². The molecule has 5 aromatic rings. The van der Waals surface area contributed by atoms with Crippen LogP contribution in [0.1, 0.15) is 33.6 Å². The van der Waals surface area contributed by atoms with E-state index in [9.17, 15) is 9.59 Å². The Morgan fingerprint density at radius 2 is 1.78 bits per heavy atom. The van der Waals surface area contributed by atoms with Crippen molar-refractivity contribution < 1.29 is 23.8 Å². The number of hydrogen-bond donors (Lipinski definition) is 2. The number of para-hydroxylation sites is 2. The van der Waals surface area contributed by atoms with Gasteiger partial charge in [-0.2, -0.15) is 0 Å². The molecule has 3 aromatic carbocycles. The number of carbonyl (C=O) groups excluding carboxylic acids is 1. The van der Waals surface area contributed by atoms with Gasteiger partial charge in [-0.3, -0.25) is 10.1 Å². The second kappa shape index (κ2) is 9.07. The molecule has 5 rings (SSSR count). The average molecular weight is 485 g/mol. The lowest BCUT2D eigenvalue weighted by atomic mass is 10.0. The number of aliphatic carboxylic acids is 1. The van der Waals surface area contributed by atoms with Crippen molar-refractivity contribution in [1.29, 1.82) is 0 Å². The van der Waals surface area contributed by atoms with Crippen molar-refractivity contribution in [2.45, 2.75) is 45.8 Å². The van der Waals surface area contributed by atoms with E-state index in [0.717, 1.165) is 44.0 Å². The van der Waals surface area contributed by atoms with Crippen molar-refractivity contribution in [2.24, 2.45) is 0 Å². The molecule has 2 heterocycles. The maximum atomic E-state index is 12.6. The number of aryl methyl sites for hydroxylation is 1. The molecule has 0 bridgehead atoms. The highest BCUT2D eigenvalue weighted by Crippen LogP contribution is 2.38. The van der Waals surface area contributed by atoms with Gasteiger partial charge in [0.05, 0.1) is 11.2 Å². The molecule has 0 saturated heterocycles. The largest absolute Gasteiger partial charge is 0.481 e. The van der Waals surface area contributed by atoms with Gasteiger partial charge in [0.25, 0.3) is 0 Å². The van der Waals surface area contributed by atoms with Crippen LogP contribution < -0.4 is 5.32 Å². The van der Waals surface area contributed by atoms with Gasteiger partial charge in [-0.05, 0) is 51.0 Å². The molecular formula is C29H28N2O5. The minimum absolute atomic E-state index is 0.0701. The van der Waals surface area contributed by atoms with Crippen LogP contribution in [0.15, 0.2) is 71.3 Å². The van der Waals surface area contributed by atoms with Crippen molar-refractivity contribution in [3.05, 3.63) is 66.9 Å². The first-order valence-electron chi connectivity index (χ1n) is 11.9. The molecule has 0 aliphatic heterocycles. The highest BCUT2D eigenvalue weighted by atomic mass is 16.6. The van der Waals surface area contributed by atoms with E-state index in [1.165, 1.54) is 0 Å². The third kappa shape index (κ3) is 4.64. The summed E-state index contributed by atoms with van der Waals surface area (Å²) in [6, 6.07) is 20.1. The highest BCUT2D eigenvalue weighted by Gasteiger charge is 2.19. The number of carbonyl (C=O) groups is 2. The molecule has 0 saturated carbocycles. The predicted molar refractivity (Wildman–Crippen MR) is 141 cm³/mol.